The second-order valence-electron chi connectivity index (χ2n) is 6.69. The van der Waals surface area contributed by atoms with E-state index in [1.165, 1.54) is 0 Å². The fourth-order valence-electron chi connectivity index (χ4n) is 3.17. The third-order valence-corrected chi connectivity index (χ3v) is 6.06. The average Bonchev–Trinajstić information content (AvgIpc) is 2.69. The molecule has 0 radical (unpaired) electrons. The van der Waals surface area contributed by atoms with Crippen molar-refractivity contribution in [2.24, 2.45) is 0 Å². The van der Waals surface area contributed by atoms with Crippen LogP contribution in [0.25, 0.3) is 0 Å². The topological polar surface area (TPSA) is 69.7 Å². The van der Waals surface area contributed by atoms with Gasteiger partial charge in [0.25, 0.3) is 0 Å². The molecule has 1 N–H and O–H groups in total. The summed E-state index contributed by atoms with van der Waals surface area (Å²) in [5, 5.41) is 0. The number of amides is 1. The molecule has 1 heterocycles. The molecule has 0 atom stereocenters. The summed E-state index contributed by atoms with van der Waals surface area (Å²) in [5.74, 6) is 0.0945. The highest BCUT2D eigenvalue weighted by atomic mass is 32.2. The van der Waals surface area contributed by atoms with Crippen LogP contribution in [0.4, 0.5) is 11.4 Å². The molecule has 144 valence electrons. The molecule has 0 spiro atoms. The van der Waals surface area contributed by atoms with Crippen LogP contribution in [0, 0.1) is 0 Å². The van der Waals surface area contributed by atoms with Gasteiger partial charge in [0.15, 0.2) is 0 Å². The van der Waals surface area contributed by atoms with E-state index < -0.39 is 10.0 Å². The Morgan fingerprint density at radius 3 is 2.22 bits per heavy atom. The van der Waals surface area contributed by atoms with Crippen molar-refractivity contribution in [3.63, 3.8) is 0 Å². The predicted octanol–water partition coefficient (Wildman–Crippen LogP) is 2.34. The number of piperazine rings is 1. The molecule has 0 bridgehead atoms. The van der Waals surface area contributed by atoms with Crippen molar-refractivity contribution in [3.05, 3.63) is 60.2 Å². The number of carbonyl (C=O) groups is 1. The predicted molar refractivity (Wildman–Crippen MR) is 108 cm³/mol. The van der Waals surface area contributed by atoms with Crippen LogP contribution < -0.4 is 9.62 Å². The Kier molecular flexibility index (Phi) is 6.34. The molecule has 2 aromatic rings. The molecule has 1 amide bonds. The third kappa shape index (κ3) is 5.72. The van der Waals surface area contributed by atoms with Crippen molar-refractivity contribution in [2.45, 2.75) is 12.8 Å². The summed E-state index contributed by atoms with van der Waals surface area (Å²) >= 11 is 0. The van der Waals surface area contributed by atoms with Crippen LogP contribution in [-0.4, -0.2) is 51.7 Å². The summed E-state index contributed by atoms with van der Waals surface area (Å²) in [4.78, 5) is 14.7. The molecular weight excluding hydrogens is 362 g/mol. The summed E-state index contributed by atoms with van der Waals surface area (Å²) in [5.41, 5.74) is 2.75. The van der Waals surface area contributed by atoms with Gasteiger partial charge in [-0.15, -0.1) is 0 Å². The largest absolute Gasteiger partial charge is 0.368 e. The van der Waals surface area contributed by atoms with Crippen molar-refractivity contribution in [3.8, 4) is 0 Å². The number of hydrogen-bond acceptors (Lipinski definition) is 4. The Labute approximate surface area is 160 Å². The minimum atomic E-state index is -3.36. The molecule has 1 fully saturated rings. The number of nitrogens with one attached hydrogen (secondary N) is 1. The minimum absolute atomic E-state index is 0.0945. The molecule has 2 aromatic carbocycles. The quantitative estimate of drug-likeness (QED) is 0.706. The van der Waals surface area contributed by atoms with Crippen molar-refractivity contribution < 1.29 is 13.2 Å². The molecule has 27 heavy (non-hydrogen) atoms. The van der Waals surface area contributed by atoms with E-state index in [9.17, 15) is 13.2 Å². The molecule has 1 saturated heterocycles. The number of rotatable bonds is 8. The highest BCUT2D eigenvalue weighted by Gasteiger charge is 2.16. The van der Waals surface area contributed by atoms with E-state index in [1.54, 1.807) is 17.0 Å². The maximum Gasteiger partial charge on any atom is 0.232 e. The zero-order valence-corrected chi connectivity index (χ0v) is 16.1. The van der Waals surface area contributed by atoms with Crippen molar-refractivity contribution in [2.75, 3.05) is 41.6 Å². The minimum Gasteiger partial charge on any atom is -0.368 e. The van der Waals surface area contributed by atoms with E-state index >= 15 is 0 Å². The highest BCUT2D eigenvalue weighted by Crippen LogP contribution is 2.20. The van der Waals surface area contributed by atoms with Crippen LogP contribution in [0.15, 0.2) is 54.6 Å². The standard InChI is InChI=1S/C20H25N3O3S/c24-17-22-12-14-23(15-13-22)20-10-8-19(9-11-20)21-27(25,26)16-4-7-18-5-2-1-3-6-18/h1-3,5-6,8-11,17,21H,4,7,12-16H2. The summed E-state index contributed by atoms with van der Waals surface area (Å²) in [6, 6.07) is 17.3. The SMILES string of the molecule is O=CN1CCN(c2ccc(NS(=O)(=O)CCCc3ccccc3)cc2)CC1. The molecule has 1 aliphatic rings. The van der Waals surface area contributed by atoms with E-state index in [0.29, 0.717) is 25.2 Å². The van der Waals surface area contributed by atoms with Gasteiger partial charge in [-0.3, -0.25) is 9.52 Å². The van der Waals surface area contributed by atoms with E-state index in [2.05, 4.69) is 9.62 Å². The van der Waals surface area contributed by atoms with Crippen LogP contribution >= 0.6 is 0 Å². The second kappa shape index (κ2) is 8.90. The normalized spacial score (nSPS) is 14.8. The lowest BCUT2D eigenvalue weighted by Crippen LogP contribution is -2.45. The van der Waals surface area contributed by atoms with Gasteiger partial charge in [-0.1, -0.05) is 30.3 Å². The first-order valence-electron chi connectivity index (χ1n) is 9.14. The number of anilines is 2. The molecule has 6 nitrogen and oxygen atoms in total. The van der Waals surface area contributed by atoms with Gasteiger partial charge in [-0.05, 0) is 42.7 Å². The third-order valence-electron chi connectivity index (χ3n) is 4.69. The summed E-state index contributed by atoms with van der Waals surface area (Å²) in [6.07, 6.45) is 2.21. The molecule has 0 aromatic heterocycles. The lowest BCUT2D eigenvalue weighted by atomic mass is 10.1. The number of sulfonamides is 1. The summed E-state index contributed by atoms with van der Waals surface area (Å²) in [6.45, 7) is 2.98. The first kappa shape index (κ1) is 19.2. The molecule has 1 aliphatic heterocycles. The van der Waals surface area contributed by atoms with Gasteiger partial charge < -0.3 is 9.80 Å². The highest BCUT2D eigenvalue weighted by molar-refractivity contribution is 7.92. The van der Waals surface area contributed by atoms with Crippen molar-refractivity contribution >= 4 is 27.8 Å². The zero-order chi connectivity index (χ0) is 19.1. The molecule has 7 heteroatoms. The Balaban J connectivity index is 1.50. The monoisotopic (exact) mass is 387 g/mol. The van der Waals surface area contributed by atoms with Gasteiger partial charge in [0.05, 0.1) is 5.75 Å². The van der Waals surface area contributed by atoms with E-state index in [1.807, 2.05) is 42.5 Å². The molecule has 0 unspecified atom stereocenters. The fourth-order valence-corrected chi connectivity index (χ4v) is 4.29. The first-order chi connectivity index (χ1) is 13.1. The zero-order valence-electron chi connectivity index (χ0n) is 15.3. The van der Waals surface area contributed by atoms with E-state index in [0.717, 1.165) is 37.2 Å². The molecule has 0 aliphatic carbocycles. The van der Waals surface area contributed by atoms with Crippen molar-refractivity contribution in [1.29, 1.82) is 0 Å². The van der Waals surface area contributed by atoms with Gasteiger partial charge in [0.2, 0.25) is 16.4 Å². The second-order valence-corrected chi connectivity index (χ2v) is 8.53. The van der Waals surface area contributed by atoms with E-state index in [-0.39, 0.29) is 5.75 Å². The molecule has 0 saturated carbocycles. The fraction of sp³-hybridized carbons (Fsp3) is 0.350. The van der Waals surface area contributed by atoms with Crippen LogP contribution in [0.1, 0.15) is 12.0 Å². The molecule has 3 rings (SSSR count). The Bertz CT molecular complexity index is 831. The van der Waals surface area contributed by atoms with Gasteiger partial charge in [0, 0.05) is 37.6 Å². The van der Waals surface area contributed by atoms with Crippen LogP contribution in [0.3, 0.4) is 0 Å². The number of benzene rings is 2. The van der Waals surface area contributed by atoms with Crippen molar-refractivity contribution in [1.82, 2.24) is 4.90 Å². The van der Waals surface area contributed by atoms with Gasteiger partial charge in [0.1, 0.15) is 0 Å². The number of nitrogens with zero attached hydrogens (tertiary/aromatic N) is 2. The van der Waals surface area contributed by atoms with Gasteiger partial charge >= 0.3 is 0 Å². The maximum absolute atomic E-state index is 12.3. The lowest BCUT2D eigenvalue weighted by molar-refractivity contribution is -0.118. The maximum atomic E-state index is 12.3. The number of hydrogen-bond donors (Lipinski definition) is 1. The average molecular weight is 388 g/mol. The van der Waals surface area contributed by atoms with Crippen LogP contribution in [0.5, 0.6) is 0 Å². The summed E-state index contributed by atoms with van der Waals surface area (Å²) < 4.78 is 27.2. The van der Waals surface area contributed by atoms with Crippen LogP contribution in [0.2, 0.25) is 0 Å². The lowest BCUT2D eigenvalue weighted by Gasteiger charge is -2.34. The Morgan fingerprint density at radius 1 is 0.926 bits per heavy atom. The number of carbonyl (C=O) groups excluding carboxylic acids is 1. The van der Waals surface area contributed by atoms with E-state index in [4.69, 9.17) is 0 Å². The van der Waals surface area contributed by atoms with Crippen LogP contribution in [-0.2, 0) is 21.2 Å². The number of aryl methyl sites for hydroxylation is 1. The smallest absolute Gasteiger partial charge is 0.232 e. The Morgan fingerprint density at radius 2 is 1.59 bits per heavy atom. The van der Waals surface area contributed by atoms with Gasteiger partial charge in [-0.25, -0.2) is 8.42 Å². The Hall–Kier alpha value is -2.54. The molecular formula is C20H25N3O3S. The summed E-state index contributed by atoms with van der Waals surface area (Å²) in [7, 11) is -3.36. The van der Waals surface area contributed by atoms with Gasteiger partial charge in [-0.2, -0.15) is 0 Å². The first-order valence-corrected chi connectivity index (χ1v) is 10.8.